The van der Waals surface area contributed by atoms with Crippen molar-refractivity contribution in [2.24, 2.45) is 0 Å². The van der Waals surface area contributed by atoms with E-state index in [1.165, 1.54) is 16.7 Å². The lowest BCUT2D eigenvalue weighted by atomic mass is 9.98. The van der Waals surface area contributed by atoms with E-state index in [4.69, 9.17) is 9.47 Å². The third-order valence-electron chi connectivity index (χ3n) is 3.52. The minimum absolute atomic E-state index is 0.115. The van der Waals surface area contributed by atoms with Gasteiger partial charge in [0, 0.05) is 4.47 Å². The Kier molecular flexibility index (Phi) is 5.33. The van der Waals surface area contributed by atoms with Crippen LogP contribution in [0, 0.1) is 13.8 Å². The van der Waals surface area contributed by atoms with Crippen LogP contribution in [0.3, 0.4) is 0 Å². The molecule has 1 atom stereocenters. The van der Waals surface area contributed by atoms with Crippen LogP contribution in [0.2, 0.25) is 0 Å². The second-order valence-corrected chi connectivity index (χ2v) is 6.70. The van der Waals surface area contributed by atoms with Crippen molar-refractivity contribution in [3.05, 3.63) is 57.1 Å². The van der Waals surface area contributed by atoms with Gasteiger partial charge in [0.1, 0.15) is 0 Å². The van der Waals surface area contributed by atoms with Gasteiger partial charge >= 0.3 is 0 Å². The quantitative estimate of drug-likeness (QED) is 0.610. The number of hydrogen-bond donors (Lipinski definition) is 0. The van der Waals surface area contributed by atoms with Crippen molar-refractivity contribution in [1.29, 1.82) is 0 Å². The van der Waals surface area contributed by atoms with E-state index in [0.717, 1.165) is 21.5 Å². The fourth-order valence-corrected chi connectivity index (χ4v) is 3.50. The van der Waals surface area contributed by atoms with E-state index in [1.807, 2.05) is 12.1 Å². The summed E-state index contributed by atoms with van der Waals surface area (Å²) in [4.78, 5) is 0.115. The highest BCUT2D eigenvalue weighted by atomic mass is 79.9. The van der Waals surface area contributed by atoms with Gasteiger partial charge in [-0.3, -0.25) is 0 Å². The molecule has 0 heterocycles. The molecule has 1 unspecified atom stereocenters. The second-order valence-electron chi connectivity index (χ2n) is 4.93. The first-order valence-electron chi connectivity index (χ1n) is 6.60. The maximum atomic E-state index is 5.38. The van der Waals surface area contributed by atoms with Crippen molar-refractivity contribution in [3.8, 4) is 11.5 Å². The van der Waals surface area contributed by atoms with Crippen molar-refractivity contribution < 1.29 is 9.47 Å². The molecule has 0 spiro atoms. The van der Waals surface area contributed by atoms with Gasteiger partial charge in [0.15, 0.2) is 11.5 Å². The van der Waals surface area contributed by atoms with Crippen LogP contribution >= 0.6 is 31.9 Å². The fourth-order valence-electron chi connectivity index (χ4n) is 2.27. The Bertz CT molecular complexity index is 653. The Hall–Kier alpha value is -1.00. The van der Waals surface area contributed by atoms with Crippen LogP contribution in [0.25, 0.3) is 0 Å². The average molecular weight is 414 g/mol. The minimum Gasteiger partial charge on any atom is -0.493 e. The van der Waals surface area contributed by atoms with E-state index in [1.54, 1.807) is 14.2 Å². The van der Waals surface area contributed by atoms with Crippen molar-refractivity contribution in [3.63, 3.8) is 0 Å². The molecule has 0 aliphatic rings. The molecular weight excluding hydrogens is 396 g/mol. The maximum Gasteiger partial charge on any atom is 0.161 e. The summed E-state index contributed by atoms with van der Waals surface area (Å²) >= 11 is 7.38. The van der Waals surface area contributed by atoms with E-state index >= 15 is 0 Å². The lowest BCUT2D eigenvalue weighted by molar-refractivity contribution is 0.354. The Morgan fingerprint density at radius 3 is 2.19 bits per heavy atom. The van der Waals surface area contributed by atoms with Gasteiger partial charge < -0.3 is 9.47 Å². The monoisotopic (exact) mass is 412 g/mol. The van der Waals surface area contributed by atoms with Gasteiger partial charge in [-0.25, -0.2) is 0 Å². The van der Waals surface area contributed by atoms with E-state index in [9.17, 15) is 0 Å². The lowest BCUT2D eigenvalue weighted by Gasteiger charge is -2.17. The van der Waals surface area contributed by atoms with E-state index < -0.39 is 0 Å². The molecule has 0 aliphatic carbocycles. The summed E-state index contributed by atoms with van der Waals surface area (Å²) in [6.07, 6.45) is 0. The van der Waals surface area contributed by atoms with Crippen LogP contribution in [0.5, 0.6) is 11.5 Å². The molecule has 2 aromatic rings. The van der Waals surface area contributed by atoms with Crippen LogP contribution in [0.1, 0.15) is 27.1 Å². The van der Waals surface area contributed by atoms with E-state index in [-0.39, 0.29) is 4.83 Å². The van der Waals surface area contributed by atoms with Gasteiger partial charge in [0.2, 0.25) is 0 Å². The first kappa shape index (κ1) is 16.4. The summed E-state index contributed by atoms with van der Waals surface area (Å²) in [5.74, 6) is 1.48. The molecule has 0 fully saturated rings. The molecule has 21 heavy (non-hydrogen) atoms. The summed E-state index contributed by atoms with van der Waals surface area (Å²) in [5.41, 5.74) is 4.85. The molecule has 0 bridgehead atoms. The number of ether oxygens (including phenoxy) is 2. The normalized spacial score (nSPS) is 12.1. The molecule has 2 aromatic carbocycles. The zero-order valence-corrected chi connectivity index (χ0v) is 15.7. The Balaban J connectivity index is 2.45. The molecule has 0 amide bonds. The third-order valence-corrected chi connectivity index (χ3v) is 5.40. The molecule has 0 N–H and O–H groups in total. The summed E-state index contributed by atoms with van der Waals surface area (Å²) in [6.45, 7) is 4.22. The first-order chi connectivity index (χ1) is 9.97. The van der Waals surface area contributed by atoms with Gasteiger partial charge in [-0.1, -0.05) is 44.0 Å². The molecule has 2 rings (SSSR count). The van der Waals surface area contributed by atoms with E-state index in [2.05, 4.69) is 63.9 Å². The Morgan fingerprint density at radius 1 is 0.905 bits per heavy atom. The topological polar surface area (TPSA) is 18.5 Å². The van der Waals surface area contributed by atoms with Gasteiger partial charge in [0.25, 0.3) is 0 Å². The van der Waals surface area contributed by atoms with Gasteiger partial charge in [0.05, 0.1) is 19.0 Å². The average Bonchev–Trinajstić information content (AvgIpc) is 2.49. The third kappa shape index (κ3) is 3.43. The number of alkyl halides is 1. The number of rotatable bonds is 4. The van der Waals surface area contributed by atoms with Crippen molar-refractivity contribution in [1.82, 2.24) is 0 Å². The highest BCUT2D eigenvalue weighted by Crippen LogP contribution is 2.38. The summed E-state index contributed by atoms with van der Waals surface area (Å²) in [7, 11) is 3.30. The molecule has 0 saturated carbocycles. The fraction of sp³-hybridized carbons (Fsp3) is 0.294. The first-order valence-corrected chi connectivity index (χ1v) is 8.31. The predicted molar refractivity (Wildman–Crippen MR) is 93.9 cm³/mol. The molecule has 2 nitrogen and oxygen atoms in total. The summed E-state index contributed by atoms with van der Waals surface area (Å²) in [5, 5.41) is 0. The summed E-state index contributed by atoms with van der Waals surface area (Å²) in [6, 6.07) is 10.4. The number of hydrogen-bond acceptors (Lipinski definition) is 2. The minimum atomic E-state index is 0.115. The van der Waals surface area contributed by atoms with Crippen LogP contribution in [-0.2, 0) is 0 Å². The largest absolute Gasteiger partial charge is 0.493 e. The standard InChI is InChI=1S/C17H18Br2O2/c1-10-8-14(18)11(2)7-13(10)17(19)12-5-6-15(20-3)16(9-12)21-4/h5-9,17H,1-4H3. The molecule has 0 aliphatic heterocycles. The SMILES string of the molecule is COc1ccc(C(Br)c2cc(C)c(Br)cc2C)cc1OC. The van der Waals surface area contributed by atoms with Crippen molar-refractivity contribution in [2.45, 2.75) is 18.7 Å². The Morgan fingerprint density at radius 2 is 1.57 bits per heavy atom. The zero-order chi connectivity index (χ0) is 15.6. The smallest absolute Gasteiger partial charge is 0.161 e. The highest BCUT2D eigenvalue weighted by Gasteiger charge is 2.16. The van der Waals surface area contributed by atoms with Crippen molar-refractivity contribution >= 4 is 31.9 Å². The van der Waals surface area contributed by atoms with Gasteiger partial charge in [-0.15, -0.1) is 0 Å². The van der Waals surface area contributed by atoms with Crippen LogP contribution in [0.4, 0.5) is 0 Å². The molecule has 0 saturated heterocycles. The van der Waals surface area contributed by atoms with Gasteiger partial charge in [-0.05, 0) is 54.3 Å². The van der Waals surface area contributed by atoms with E-state index in [0.29, 0.717) is 0 Å². The number of methoxy groups -OCH3 is 2. The molecule has 4 heteroatoms. The number of halogens is 2. The molecular formula is C17H18Br2O2. The highest BCUT2D eigenvalue weighted by molar-refractivity contribution is 9.10. The predicted octanol–water partition coefficient (Wildman–Crippen LogP) is 5.57. The zero-order valence-electron chi connectivity index (χ0n) is 12.5. The van der Waals surface area contributed by atoms with Crippen LogP contribution in [-0.4, -0.2) is 14.2 Å². The van der Waals surface area contributed by atoms with Crippen LogP contribution in [0.15, 0.2) is 34.8 Å². The Labute approximate surface area is 142 Å². The molecule has 112 valence electrons. The summed E-state index contributed by atoms with van der Waals surface area (Å²) < 4.78 is 11.8. The molecule has 0 radical (unpaired) electrons. The van der Waals surface area contributed by atoms with Gasteiger partial charge in [-0.2, -0.15) is 0 Å². The van der Waals surface area contributed by atoms with Crippen LogP contribution < -0.4 is 9.47 Å². The maximum absolute atomic E-state index is 5.38. The number of aryl methyl sites for hydroxylation is 2. The lowest BCUT2D eigenvalue weighted by Crippen LogP contribution is -1.99. The second kappa shape index (κ2) is 6.84. The number of benzene rings is 2. The van der Waals surface area contributed by atoms with Crippen molar-refractivity contribution in [2.75, 3.05) is 14.2 Å². The molecule has 0 aromatic heterocycles.